The minimum atomic E-state index is -0.652. The van der Waals surface area contributed by atoms with E-state index in [-0.39, 0.29) is 6.61 Å². The summed E-state index contributed by atoms with van der Waals surface area (Å²) < 4.78 is 11.3. The first kappa shape index (κ1) is 20.6. The molecule has 2 aromatic heterocycles. The van der Waals surface area contributed by atoms with Crippen molar-refractivity contribution in [3.63, 3.8) is 0 Å². The molecule has 4 rings (SSSR count). The molecule has 154 valence electrons. The fraction of sp³-hybridized carbons (Fsp3) is 0.227. The lowest BCUT2D eigenvalue weighted by molar-refractivity contribution is 0.126. The van der Waals surface area contributed by atoms with E-state index in [0.29, 0.717) is 23.3 Å². The van der Waals surface area contributed by atoms with E-state index in [1.807, 2.05) is 54.8 Å². The third kappa shape index (κ3) is 5.69. The first-order valence-corrected chi connectivity index (χ1v) is 11.3. The molecule has 2 aromatic carbocycles. The number of aliphatic hydroxyl groups is 1. The van der Waals surface area contributed by atoms with Crippen molar-refractivity contribution in [1.29, 1.82) is 0 Å². The summed E-state index contributed by atoms with van der Waals surface area (Å²) >= 11 is 2.91. The lowest BCUT2D eigenvalue weighted by Gasteiger charge is -2.11. The van der Waals surface area contributed by atoms with Gasteiger partial charge in [-0.05, 0) is 30.2 Å². The van der Waals surface area contributed by atoms with E-state index in [1.165, 1.54) is 11.8 Å². The highest BCUT2D eigenvalue weighted by molar-refractivity contribution is 7.99. The molecule has 2 heterocycles. The van der Waals surface area contributed by atoms with Gasteiger partial charge in [-0.15, -0.1) is 21.5 Å². The van der Waals surface area contributed by atoms with Gasteiger partial charge in [-0.3, -0.25) is 0 Å². The van der Waals surface area contributed by atoms with Crippen molar-refractivity contribution in [3.8, 4) is 16.9 Å². The highest BCUT2D eigenvalue weighted by atomic mass is 32.2. The molecule has 0 bridgehead atoms. The average Bonchev–Trinajstić information content (AvgIpc) is 3.40. The summed E-state index contributed by atoms with van der Waals surface area (Å²) in [7, 11) is 0. The zero-order valence-corrected chi connectivity index (χ0v) is 18.0. The van der Waals surface area contributed by atoms with E-state index < -0.39 is 6.10 Å². The highest BCUT2D eigenvalue weighted by Crippen LogP contribution is 2.23. The Hall–Kier alpha value is -2.68. The maximum absolute atomic E-state index is 10.2. The SMILES string of the molecule is Cc1nc(Cc2nnc(SCC(O)COc3ccc(-c4ccccc4)cc3)o2)cs1. The minimum absolute atomic E-state index is 0.191. The fourth-order valence-corrected chi connectivity index (χ4v) is 4.09. The molecule has 0 saturated carbocycles. The minimum Gasteiger partial charge on any atom is -0.491 e. The van der Waals surface area contributed by atoms with Crippen molar-refractivity contribution in [3.05, 3.63) is 76.6 Å². The fourth-order valence-electron chi connectivity index (χ4n) is 2.79. The molecule has 0 radical (unpaired) electrons. The summed E-state index contributed by atoms with van der Waals surface area (Å²) in [6.45, 7) is 2.15. The lowest BCUT2D eigenvalue weighted by atomic mass is 10.1. The molecule has 6 nitrogen and oxygen atoms in total. The third-order valence-electron chi connectivity index (χ3n) is 4.25. The van der Waals surface area contributed by atoms with Gasteiger partial charge in [0.05, 0.1) is 23.2 Å². The van der Waals surface area contributed by atoms with Crippen LogP contribution in [0.1, 0.15) is 16.6 Å². The van der Waals surface area contributed by atoms with Crippen molar-refractivity contribution in [2.24, 2.45) is 0 Å². The van der Waals surface area contributed by atoms with Crippen LogP contribution in [0.2, 0.25) is 0 Å². The highest BCUT2D eigenvalue weighted by Gasteiger charge is 2.13. The maximum Gasteiger partial charge on any atom is 0.276 e. The molecular weight excluding hydrogens is 418 g/mol. The number of benzene rings is 2. The standard InChI is InChI=1S/C22H21N3O3S2/c1-15-23-18(13-29-15)11-21-24-25-22(28-21)30-14-19(26)12-27-20-9-7-17(8-10-20)16-5-3-2-4-6-16/h2-10,13,19,26H,11-12,14H2,1H3. The Kier molecular flexibility index (Phi) is 6.78. The molecule has 8 heteroatoms. The Balaban J connectivity index is 1.22. The van der Waals surface area contributed by atoms with Crippen molar-refractivity contribution < 1.29 is 14.3 Å². The van der Waals surface area contributed by atoms with E-state index in [1.54, 1.807) is 11.3 Å². The van der Waals surface area contributed by atoms with Crippen LogP contribution in [0.25, 0.3) is 11.1 Å². The van der Waals surface area contributed by atoms with Crippen LogP contribution in [0.15, 0.2) is 69.6 Å². The van der Waals surface area contributed by atoms with Gasteiger partial charge in [0.25, 0.3) is 5.22 Å². The molecule has 30 heavy (non-hydrogen) atoms. The maximum atomic E-state index is 10.2. The molecule has 1 unspecified atom stereocenters. The summed E-state index contributed by atoms with van der Waals surface area (Å²) in [4.78, 5) is 4.39. The Morgan fingerprint density at radius 1 is 1.07 bits per heavy atom. The smallest absolute Gasteiger partial charge is 0.276 e. The van der Waals surface area contributed by atoms with E-state index in [9.17, 15) is 5.11 Å². The van der Waals surface area contributed by atoms with Crippen LogP contribution in [0.4, 0.5) is 0 Å². The molecule has 0 fully saturated rings. The van der Waals surface area contributed by atoms with Crippen molar-refractivity contribution in [2.45, 2.75) is 24.7 Å². The topological polar surface area (TPSA) is 81.3 Å². The van der Waals surface area contributed by atoms with E-state index in [4.69, 9.17) is 9.15 Å². The number of aromatic nitrogens is 3. The molecule has 0 spiro atoms. The summed E-state index contributed by atoms with van der Waals surface area (Å²) in [5.74, 6) is 1.64. The number of rotatable bonds is 9. The van der Waals surface area contributed by atoms with Gasteiger partial charge in [-0.25, -0.2) is 4.98 Å². The first-order valence-electron chi connectivity index (χ1n) is 9.48. The van der Waals surface area contributed by atoms with E-state index >= 15 is 0 Å². The molecule has 1 N–H and O–H groups in total. The molecule has 4 aromatic rings. The zero-order chi connectivity index (χ0) is 20.8. The summed E-state index contributed by atoms with van der Waals surface area (Å²) in [5, 5.41) is 21.7. The Labute approximate surface area is 183 Å². The predicted molar refractivity (Wildman–Crippen MR) is 118 cm³/mol. The summed E-state index contributed by atoms with van der Waals surface area (Å²) in [6, 6.07) is 18.0. The van der Waals surface area contributed by atoms with Gasteiger partial charge in [0.1, 0.15) is 12.4 Å². The number of thioether (sulfide) groups is 1. The van der Waals surface area contributed by atoms with Gasteiger partial charge in [-0.2, -0.15) is 0 Å². The lowest BCUT2D eigenvalue weighted by Crippen LogP contribution is -2.20. The Morgan fingerprint density at radius 3 is 2.57 bits per heavy atom. The molecule has 0 aliphatic carbocycles. The molecule has 0 aliphatic heterocycles. The number of aryl methyl sites for hydroxylation is 1. The van der Waals surface area contributed by atoms with Crippen molar-refractivity contribution >= 4 is 23.1 Å². The molecule has 0 aliphatic rings. The van der Waals surface area contributed by atoms with Crippen molar-refractivity contribution in [2.75, 3.05) is 12.4 Å². The monoisotopic (exact) mass is 439 g/mol. The predicted octanol–water partition coefficient (Wildman–Crippen LogP) is 4.62. The van der Waals surface area contributed by atoms with Crippen LogP contribution in [0.5, 0.6) is 5.75 Å². The second-order valence-electron chi connectivity index (χ2n) is 6.66. The van der Waals surface area contributed by atoms with Crippen LogP contribution in [0, 0.1) is 6.92 Å². The summed E-state index contributed by atoms with van der Waals surface area (Å²) in [6.07, 6.45) is -0.136. The number of ether oxygens (including phenoxy) is 1. The molecule has 0 amide bonds. The van der Waals surface area contributed by atoms with Gasteiger partial charge in [0, 0.05) is 11.1 Å². The third-order valence-corrected chi connectivity index (χ3v) is 6.04. The number of nitrogens with zero attached hydrogens (tertiary/aromatic N) is 3. The molecule has 1 atom stereocenters. The van der Waals surface area contributed by atoms with Crippen LogP contribution in [0.3, 0.4) is 0 Å². The Morgan fingerprint density at radius 2 is 1.83 bits per heavy atom. The average molecular weight is 440 g/mol. The second-order valence-corrected chi connectivity index (χ2v) is 8.70. The van der Waals surface area contributed by atoms with Crippen LogP contribution in [-0.4, -0.2) is 38.8 Å². The van der Waals surface area contributed by atoms with Gasteiger partial charge in [-0.1, -0.05) is 54.2 Å². The normalized spacial score (nSPS) is 12.1. The Bertz CT molecular complexity index is 1060. The van der Waals surface area contributed by atoms with Gasteiger partial charge in [0.15, 0.2) is 0 Å². The zero-order valence-electron chi connectivity index (χ0n) is 16.4. The number of thiazole rings is 1. The second kappa shape index (κ2) is 9.88. The number of aliphatic hydroxyl groups excluding tert-OH is 1. The van der Waals surface area contributed by atoms with E-state index in [2.05, 4.69) is 27.3 Å². The van der Waals surface area contributed by atoms with Crippen LogP contribution in [-0.2, 0) is 6.42 Å². The first-order chi connectivity index (χ1) is 14.7. The number of hydrogen-bond acceptors (Lipinski definition) is 8. The van der Waals surface area contributed by atoms with Gasteiger partial charge in [0.2, 0.25) is 5.89 Å². The number of hydrogen-bond donors (Lipinski definition) is 1. The van der Waals surface area contributed by atoms with Crippen molar-refractivity contribution in [1.82, 2.24) is 15.2 Å². The van der Waals surface area contributed by atoms with Crippen LogP contribution >= 0.6 is 23.1 Å². The quantitative estimate of drug-likeness (QED) is 0.381. The van der Waals surface area contributed by atoms with Gasteiger partial charge >= 0.3 is 0 Å². The van der Waals surface area contributed by atoms with E-state index in [0.717, 1.165) is 27.6 Å². The summed E-state index contributed by atoms with van der Waals surface area (Å²) in [5.41, 5.74) is 3.20. The van der Waals surface area contributed by atoms with Gasteiger partial charge < -0.3 is 14.3 Å². The van der Waals surface area contributed by atoms with Crippen LogP contribution < -0.4 is 4.74 Å². The molecular formula is C22H21N3O3S2. The molecule has 0 saturated heterocycles. The largest absolute Gasteiger partial charge is 0.491 e.